The topological polar surface area (TPSA) is 77.9 Å². The van der Waals surface area contributed by atoms with Crippen LogP contribution in [-0.2, 0) is 4.79 Å². The van der Waals surface area contributed by atoms with Gasteiger partial charge in [-0.3, -0.25) is 4.79 Å². The van der Waals surface area contributed by atoms with E-state index in [0.717, 1.165) is 0 Å². The summed E-state index contributed by atoms with van der Waals surface area (Å²) in [6.07, 6.45) is 0.0526. The summed E-state index contributed by atoms with van der Waals surface area (Å²) in [6, 6.07) is 0. The van der Waals surface area contributed by atoms with Crippen molar-refractivity contribution in [2.75, 3.05) is 0 Å². The first-order valence-corrected chi connectivity index (χ1v) is 2.16. The maximum Gasteiger partial charge on any atom is 0.222 e. The number of carbonyl (C=O) groups excluding carboxylic acids is 1. The van der Waals surface area contributed by atoms with E-state index in [4.69, 9.17) is 5.53 Å². The summed E-state index contributed by atoms with van der Waals surface area (Å²) < 4.78 is 0. The van der Waals surface area contributed by atoms with Gasteiger partial charge in [-0.15, -0.1) is 0 Å². The Kier molecular flexibility index (Phi) is 1.06. The SMILES string of the molecule is [N-]=[N+]=NC1CC(=O)N1. The van der Waals surface area contributed by atoms with Crippen LogP contribution in [0.3, 0.4) is 0 Å². The molecule has 1 amide bonds. The van der Waals surface area contributed by atoms with Crippen LogP contribution in [0.15, 0.2) is 5.11 Å². The van der Waals surface area contributed by atoms with E-state index in [1.807, 2.05) is 0 Å². The van der Waals surface area contributed by atoms with E-state index in [2.05, 4.69) is 15.3 Å². The number of amides is 1. The van der Waals surface area contributed by atoms with Crippen LogP contribution < -0.4 is 5.32 Å². The molecule has 1 rings (SSSR count). The lowest BCUT2D eigenvalue weighted by Gasteiger charge is -2.20. The minimum absolute atomic E-state index is 0.0533. The van der Waals surface area contributed by atoms with E-state index < -0.39 is 0 Å². The van der Waals surface area contributed by atoms with Crippen molar-refractivity contribution in [3.8, 4) is 0 Å². The average molecular weight is 112 g/mol. The molecule has 0 saturated carbocycles. The van der Waals surface area contributed by atoms with Crippen molar-refractivity contribution in [3.63, 3.8) is 0 Å². The Bertz CT molecular complexity index is 151. The molecule has 0 aromatic heterocycles. The molecule has 0 aliphatic carbocycles. The summed E-state index contributed by atoms with van der Waals surface area (Å²) in [5.41, 5.74) is 7.79. The smallest absolute Gasteiger partial charge is 0.222 e. The van der Waals surface area contributed by atoms with E-state index in [-0.39, 0.29) is 12.1 Å². The van der Waals surface area contributed by atoms with E-state index in [1.54, 1.807) is 0 Å². The minimum Gasteiger partial charge on any atom is -0.347 e. The molecule has 42 valence electrons. The van der Waals surface area contributed by atoms with Gasteiger partial charge in [0.15, 0.2) is 0 Å². The molecule has 5 heteroatoms. The maximum atomic E-state index is 10.1. The molecule has 8 heavy (non-hydrogen) atoms. The maximum absolute atomic E-state index is 10.1. The molecule has 0 radical (unpaired) electrons. The Labute approximate surface area is 45.3 Å². The molecule has 1 atom stereocenters. The monoisotopic (exact) mass is 112 g/mol. The van der Waals surface area contributed by atoms with Gasteiger partial charge in [0.25, 0.3) is 0 Å². The Morgan fingerprint density at radius 1 is 2.00 bits per heavy atom. The largest absolute Gasteiger partial charge is 0.347 e. The van der Waals surface area contributed by atoms with Crippen LogP contribution in [0.25, 0.3) is 10.4 Å². The second-order valence-electron chi connectivity index (χ2n) is 1.49. The summed E-state index contributed by atoms with van der Waals surface area (Å²) in [5, 5.41) is 5.61. The highest BCUT2D eigenvalue weighted by Gasteiger charge is 2.22. The molecule has 1 saturated heterocycles. The molecular formula is C3H4N4O. The summed E-state index contributed by atoms with van der Waals surface area (Å²) in [7, 11) is 0. The van der Waals surface area contributed by atoms with Gasteiger partial charge in [-0.05, 0) is 5.53 Å². The zero-order chi connectivity index (χ0) is 5.98. The first-order chi connectivity index (χ1) is 3.83. The third-order valence-corrected chi connectivity index (χ3v) is 0.897. The summed E-state index contributed by atoms with van der Waals surface area (Å²) in [6.45, 7) is 0. The molecule has 0 bridgehead atoms. The molecule has 0 aromatic rings. The number of rotatable bonds is 1. The molecule has 1 N–H and O–H groups in total. The van der Waals surface area contributed by atoms with E-state index in [9.17, 15) is 4.79 Å². The first kappa shape index (κ1) is 4.93. The average Bonchev–Trinajstić information content (AvgIpc) is 1.64. The van der Waals surface area contributed by atoms with Crippen molar-refractivity contribution in [3.05, 3.63) is 10.4 Å². The molecule has 1 fully saturated rings. The molecule has 1 heterocycles. The number of azide groups is 1. The quantitative estimate of drug-likeness (QED) is 0.223. The molecule has 0 spiro atoms. The van der Waals surface area contributed by atoms with Crippen molar-refractivity contribution in [1.29, 1.82) is 0 Å². The van der Waals surface area contributed by atoms with Crippen molar-refractivity contribution in [2.24, 2.45) is 5.11 Å². The highest BCUT2D eigenvalue weighted by atomic mass is 16.2. The number of β-lactam (4-membered cyclic amide) rings is 1. The Morgan fingerprint density at radius 2 is 2.62 bits per heavy atom. The predicted molar refractivity (Wildman–Crippen MR) is 25.7 cm³/mol. The van der Waals surface area contributed by atoms with Gasteiger partial charge in [0.2, 0.25) is 5.91 Å². The fourth-order valence-electron chi connectivity index (χ4n) is 0.472. The van der Waals surface area contributed by atoms with Gasteiger partial charge in [-0.25, -0.2) is 0 Å². The Hall–Kier alpha value is -1.22. The van der Waals surface area contributed by atoms with Crippen LogP contribution in [0.4, 0.5) is 0 Å². The zero-order valence-electron chi connectivity index (χ0n) is 4.03. The van der Waals surface area contributed by atoms with Gasteiger partial charge in [-0.1, -0.05) is 5.11 Å². The lowest BCUT2D eigenvalue weighted by atomic mass is 10.2. The van der Waals surface area contributed by atoms with Crippen LogP contribution in [0.1, 0.15) is 6.42 Å². The predicted octanol–water partition coefficient (Wildman–Crippen LogP) is 0.143. The standard InChI is InChI=1S/C3H4N4O/c4-7-6-2-1-3(8)5-2/h2H,1H2,(H,5,8). The molecule has 1 unspecified atom stereocenters. The van der Waals surface area contributed by atoms with E-state index in [0.29, 0.717) is 6.42 Å². The minimum atomic E-state index is -0.285. The van der Waals surface area contributed by atoms with E-state index >= 15 is 0 Å². The molecule has 0 aromatic carbocycles. The van der Waals surface area contributed by atoms with Crippen LogP contribution in [0, 0.1) is 0 Å². The van der Waals surface area contributed by atoms with Crippen LogP contribution >= 0.6 is 0 Å². The molecule has 1 aliphatic heterocycles. The first-order valence-electron chi connectivity index (χ1n) is 2.16. The van der Waals surface area contributed by atoms with Gasteiger partial charge in [0.05, 0.1) is 6.42 Å². The lowest BCUT2D eigenvalue weighted by molar-refractivity contribution is -0.127. The van der Waals surface area contributed by atoms with Crippen molar-refractivity contribution in [2.45, 2.75) is 12.6 Å². The van der Waals surface area contributed by atoms with Gasteiger partial charge in [-0.2, -0.15) is 0 Å². The Morgan fingerprint density at radius 3 is 3.00 bits per heavy atom. The molecule has 1 aliphatic rings. The van der Waals surface area contributed by atoms with Crippen LogP contribution in [0.5, 0.6) is 0 Å². The van der Waals surface area contributed by atoms with Crippen molar-refractivity contribution < 1.29 is 4.79 Å². The van der Waals surface area contributed by atoms with Crippen LogP contribution in [-0.4, -0.2) is 12.1 Å². The number of nitrogens with one attached hydrogen (secondary N) is 1. The van der Waals surface area contributed by atoms with E-state index in [1.165, 1.54) is 0 Å². The third-order valence-electron chi connectivity index (χ3n) is 0.897. The van der Waals surface area contributed by atoms with Crippen LogP contribution in [0.2, 0.25) is 0 Å². The second-order valence-corrected chi connectivity index (χ2v) is 1.49. The van der Waals surface area contributed by atoms with Gasteiger partial charge in [0, 0.05) is 4.91 Å². The number of hydrogen-bond acceptors (Lipinski definition) is 2. The van der Waals surface area contributed by atoms with Gasteiger partial charge >= 0.3 is 0 Å². The van der Waals surface area contributed by atoms with Gasteiger partial charge in [0.1, 0.15) is 6.17 Å². The highest BCUT2D eigenvalue weighted by molar-refractivity contribution is 5.82. The fraction of sp³-hybridized carbons (Fsp3) is 0.667. The zero-order valence-corrected chi connectivity index (χ0v) is 4.03. The lowest BCUT2D eigenvalue weighted by Crippen LogP contribution is -2.46. The second kappa shape index (κ2) is 1.71. The molecule has 5 nitrogen and oxygen atoms in total. The molecular weight excluding hydrogens is 108 g/mol. The summed E-state index contributed by atoms with van der Waals surface area (Å²) >= 11 is 0. The third kappa shape index (κ3) is 0.714. The Balaban J connectivity index is 2.35. The summed E-state index contributed by atoms with van der Waals surface area (Å²) in [5.74, 6) is -0.0533. The normalized spacial score (nSPS) is 25.0. The fourth-order valence-corrected chi connectivity index (χ4v) is 0.472. The van der Waals surface area contributed by atoms with Crippen molar-refractivity contribution in [1.82, 2.24) is 5.32 Å². The van der Waals surface area contributed by atoms with Gasteiger partial charge < -0.3 is 5.32 Å². The summed E-state index contributed by atoms with van der Waals surface area (Å²) in [4.78, 5) is 12.6. The number of nitrogens with zero attached hydrogens (tertiary/aromatic N) is 3. The number of hydrogen-bond donors (Lipinski definition) is 1. The highest BCUT2D eigenvalue weighted by Crippen LogP contribution is 2.03. The van der Waals surface area contributed by atoms with Crippen molar-refractivity contribution >= 4 is 5.91 Å². The number of carbonyl (C=O) groups is 1.